The van der Waals surface area contributed by atoms with E-state index in [0.717, 1.165) is 5.92 Å². The highest BCUT2D eigenvalue weighted by Crippen LogP contribution is 2.47. The van der Waals surface area contributed by atoms with E-state index in [-0.39, 0.29) is 5.41 Å². The Morgan fingerprint density at radius 3 is 2.32 bits per heavy atom. The number of allylic oxidation sites excluding steroid dienone is 1. The fourth-order valence-electron chi connectivity index (χ4n) is 6.50. The number of fused-ring (bicyclic) bond motifs is 1. The Hall–Kier alpha value is -1.83. The van der Waals surface area contributed by atoms with Gasteiger partial charge in [0, 0.05) is 6.92 Å². The van der Waals surface area contributed by atoms with Crippen LogP contribution >= 0.6 is 0 Å². The highest BCUT2D eigenvalue weighted by Gasteiger charge is 2.49. The van der Waals surface area contributed by atoms with Crippen molar-refractivity contribution in [1.29, 1.82) is 0 Å². The van der Waals surface area contributed by atoms with Crippen LogP contribution in [0.5, 0.6) is 0 Å². The Bertz CT molecular complexity index is 907. The molecule has 1 aromatic heterocycles. The predicted octanol–water partition coefficient (Wildman–Crippen LogP) is 6.36. The third-order valence-corrected chi connectivity index (χ3v) is 8.00. The molecule has 28 heavy (non-hydrogen) atoms. The van der Waals surface area contributed by atoms with E-state index in [1.54, 1.807) is 11.5 Å². The van der Waals surface area contributed by atoms with E-state index in [0.29, 0.717) is 5.92 Å². The first kappa shape index (κ1) is 18.2. The van der Waals surface area contributed by atoms with Crippen LogP contribution < -0.4 is 4.57 Å². The van der Waals surface area contributed by atoms with Crippen molar-refractivity contribution in [1.82, 2.24) is 4.57 Å². The summed E-state index contributed by atoms with van der Waals surface area (Å²) in [5.41, 5.74) is 5.99. The summed E-state index contributed by atoms with van der Waals surface area (Å²) in [6, 6.07) is 8.96. The van der Waals surface area contributed by atoms with E-state index in [1.165, 1.54) is 74.7 Å². The molecule has 2 aliphatic carbocycles. The van der Waals surface area contributed by atoms with Crippen LogP contribution in [0.1, 0.15) is 93.4 Å². The van der Waals surface area contributed by atoms with Gasteiger partial charge >= 0.3 is 0 Å². The van der Waals surface area contributed by atoms with Crippen molar-refractivity contribution in [3.8, 4) is 5.69 Å². The first-order valence-electron chi connectivity index (χ1n) is 11.5. The van der Waals surface area contributed by atoms with Crippen LogP contribution in [-0.2, 0) is 5.41 Å². The highest BCUT2D eigenvalue weighted by atomic mass is 15.2. The zero-order valence-corrected chi connectivity index (χ0v) is 17.9. The van der Waals surface area contributed by atoms with Crippen LogP contribution in [0.4, 0.5) is 0 Å². The standard InChI is InChI=1S/C26H35N2/c1-19-11-7-10-16-23(19)28-20(2)24-26(3,22-14-8-9-15-22)17-18-27(24)25(28)21-12-5-4-6-13-21/h7,10-11,16-18,21-22H,4-6,8-9,12-15H2,1-3H3/q+1. The van der Waals surface area contributed by atoms with Crippen LogP contribution in [0, 0.1) is 19.8 Å². The van der Waals surface area contributed by atoms with Gasteiger partial charge in [0.15, 0.2) is 5.69 Å². The molecule has 2 saturated carbocycles. The van der Waals surface area contributed by atoms with Gasteiger partial charge in [-0.25, -0.2) is 4.57 Å². The Balaban J connectivity index is 1.73. The number of hydrogen-bond donors (Lipinski definition) is 0. The molecule has 2 fully saturated rings. The largest absolute Gasteiger partial charge is 0.269 e. The van der Waals surface area contributed by atoms with Crippen molar-refractivity contribution >= 4 is 6.20 Å². The lowest BCUT2D eigenvalue weighted by Gasteiger charge is -2.27. The van der Waals surface area contributed by atoms with Crippen molar-refractivity contribution in [2.24, 2.45) is 5.92 Å². The molecule has 1 aliphatic heterocycles. The topological polar surface area (TPSA) is 8.81 Å². The zero-order chi connectivity index (χ0) is 19.3. The molecule has 2 heterocycles. The summed E-state index contributed by atoms with van der Waals surface area (Å²) < 4.78 is 5.26. The Morgan fingerprint density at radius 2 is 1.61 bits per heavy atom. The molecule has 0 radical (unpaired) electrons. The number of aryl methyl sites for hydroxylation is 1. The molecule has 2 aromatic rings. The van der Waals surface area contributed by atoms with Crippen LogP contribution in [0.3, 0.4) is 0 Å². The zero-order valence-electron chi connectivity index (χ0n) is 17.9. The van der Waals surface area contributed by atoms with Gasteiger partial charge in [0.1, 0.15) is 11.4 Å². The van der Waals surface area contributed by atoms with Gasteiger partial charge in [-0.3, -0.25) is 0 Å². The van der Waals surface area contributed by atoms with Gasteiger partial charge < -0.3 is 0 Å². The summed E-state index contributed by atoms with van der Waals surface area (Å²) in [6.07, 6.45) is 17.4. The number of rotatable bonds is 3. The monoisotopic (exact) mass is 375 g/mol. The number of aromatic nitrogens is 2. The van der Waals surface area contributed by atoms with Crippen LogP contribution in [0.25, 0.3) is 11.9 Å². The van der Waals surface area contributed by atoms with Crippen molar-refractivity contribution in [2.45, 2.75) is 89.9 Å². The van der Waals surface area contributed by atoms with E-state index >= 15 is 0 Å². The van der Waals surface area contributed by atoms with Crippen LogP contribution in [0.15, 0.2) is 30.3 Å². The second-order valence-electron chi connectivity index (χ2n) is 9.70. The fraction of sp³-hybridized carbons (Fsp3) is 0.577. The summed E-state index contributed by atoms with van der Waals surface area (Å²) in [7, 11) is 0. The normalized spacial score (nSPS) is 25.5. The minimum atomic E-state index is 0.192. The maximum Gasteiger partial charge on any atom is 0.269 e. The first-order valence-corrected chi connectivity index (χ1v) is 11.5. The van der Waals surface area contributed by atoms with E-state index in [4.69, 9.17) is 0 Å². The molecule has 2 heteroatoms. The average Bonchev–Trinajstić information content (AvgIpc) is 3.42. The molecule has 148 valence electrons. The van der Waals surface area contributed by atoms with E-state index in [1.807, 2.05) is 0 Å². The molecule has 1 aromatic carbocycles. The van der Waals surface area contributed by atoms with Crippen molar-refractivity contribution in [3.63, 3.8) is 0 Å². The van der Waals surface area contributed by atoms with E-state index in [2.05, 4.69) is 66.4 Å². The third kappa shape index (κ3) is 2.64. The second kappa shape index (κ2) is 6.90. The quantitative estimate of drug-likeness (QED) is 0.552. The SMILES string of the molecule is Cc1ccccc1-n1c(C)c2[n+](c1C1CCCCC1)C=CC2(C)C1CCCC1. The lowest BCUT2D eigenvalue weighted by atomic mass is 9.74. The molecule has 0 saturated heterocycles. The molecular formula is C26H35N2+. The van der Waals surface area contributed by atoms with Gasteiger partial charge in [-0.15, -0.1) is 0 Å². The van der Waals surface area contributed by atoms with Gasteiger partial charge in [-0.05, 0) is 63.2 Å². The Labute approximate surface area is 170 Å². The van der Waals surface area contributed by atoms with Crippen LogP contribution in [-0.4, -0.2) is 4.57 Å². The van der Waals surface area contributed by atoms with Gasteiger partial charge in [-0.2, -0.15) is 4.57 Å². The molecule has 0 spiro atoms. The van der Waals surface area contributed by atoms with Gasteiger partial charge in [0.2, 0.25) is 0 Å². The molecule has 5 rings (SSSR count). The summed E-state index contributed by atoms with van der Waals surface area (Å²) in [4.78, 5) is 0. The lowest BCUT2D eigenvalue weighted by molar-refractivity contribution is -0.585. The highest BCUT2D eigenvalue weighted by molar-refractivity contribution is 5.47. The van der Waals surface area contributed by atoms with E-state index in [9.17, 15) is 0 Å². The first-order chi connectivity index (χ1) is 13.6. The predicted molar refractivity (Wildman–Crippen MR) is 116 cm³/mol. The van der Waals surface area contributed by atoms with Gasteiger partial charge in [-0.1, -0.05) is 50.3 Å². The Kier molecular flexibility index (Phi) is 4.49. The summed E-state index contributed by atoms with van der Waals surface area (Å²) >= 11 is 0. The average molecular weight is 376 g/mol. The molecule has 0 amide bonds. The minimum Gasteiger partial charge on any atom is -0.202 e. The summed E-state index contributed by atoms with van der Waals surface area (Å²) in [6.45, 7) is 7.16. The number of imidazole rings is 1. The second-order valence-corrected chi connectivity index (χ2v) is 9.70. The molecule has 1 atom stereocenters. The third-order valence-electron chi connectivity index (χ3n) is 8.00. The minimum absolute atomic E-state index is 0.192. The van der Waals surface area contributed by atoms with Crippen molar-refractivity contribution in [3.05, 3.63) is 53.1 Å². The number of nitrogens with zero attached hydrogens (tertiary/aromatic N) is 2. The van der Waals surface area contributed by atoms with Crippen LogP contribution in [0.2, 0.25) is 0 Å². The smallest absolute Gasteiger partial charge is 0.202 e. The number of benzene rings is 1. The maximum absolute atomic E-state index is 2.64. The summed E-state index contributed by atoms with van der Waals surface area (Å²) in [5.74, 6) is 3.01. The number of hydrogen-bond acceptors (Lipinski definition) is 0. The maximum atomic E-state index is 2.64. The van der Waals surface area contributed by atoms with Gasteiger partial charge in [0.05, 0.1) is 17.5 Å². The van der Waals surface area contributed by atoms with Gasteiger partial charge in [0.25, 0.3) is 5.82 Å². The number of para-hydroxylation sites is 1. The van der Waals surface area contributed by atoms with E-state index < -0.39 is 0 Å². The van der Waals surface area contributed by atoms with Crippen molar-refractivity contribution in [2.75, 3.05) is 0 Å². The fourth-order valence-corrected chi connectivity index (χ4v) is 6.50. The molecule has 3 aliphatic rings. The summed E-state index contributed by atoms with van der Waals surface area (Å²) in [5, 5.41) is 0. The molecule has 1 unspecified atom stereocenters. The molecular weight excluding hydrogens is 340 g/mol. The Morgan fingerprint density at radius 1 is 0.929 bits per heavy atom. The molecule has 0 bridgehead atoms. The molecule has 0 N–H and O–H groups in total. The lowest BCUT2D eigenvalue weighted by Crippen LogP contribution is -2.39. The van der Waals surface area contributed by atoms with Crippen molar-refractivity contribution < 1.29 is 4.57 Å². The molecule has 2 nitrogen and oxygen atoms in total.